The molecule has 0 bridgehead atoms. The van der Waals surface area contributed by atoms with Gasteiger partial charge in [-0.1, -0.05) is 18.0 Å². The highest BCUT2D eigenvalue weighted by atomic mass is 79.9. The van der Waals surface area contributed by atoms with Gasteiger partial charge in [0.1, 0.15) is 17.1 Å². The SMILES string of the molecule is Cn1c(Cl)c(Br)c2c(C3CCC3)ncnc21. The maximum Gasteiger partial charge on any atom is 0.145 e. The summed E-state index contributed by atoms with van der Waals surface area (Å²) in [4.78, 5) is 8.73. The number of hydrogen-bond donors (Lipinski definition) is 0. The Hall–Kier alpha value is -0.610. The summed E-state index contributed by atoms with van der Waals surface area (Å²) in [6, 6.07) is 0. The lowest BCUT2D eigenvalue weighted by Crippen LogP contribution is -2.11. The molecule has 1 fully saturated rings. The molecule has 0 atom stereocenters. The van der Waals surface area contributed by atoms with Crippen molar-refractivity contribution < 1.29 is 0 Å². The Morgan fingerprint density at radius 2 is 2.19 bits per heavy atom. The van der Waals surface area contributed by atoms with Crippen LogP contribution in [-0.4, -0.2) is 14.5 Å². The molecule has 3 rings (SSSR count). The smallest absolute Gasteiger partial charge is 0.145 e. The predicted molar refractivity (Wildman–Crippen MR) is 67.8 cm³/mol. The number of hydrogen-bond acceptors (Lipinski definition) is 2. The molecule has 0 aromatic carbocycles. The average Bonchev–Trinajstić information content (AvgIpc) is 2.43. The third-order valence-electron chi connectivity index (χ3n) is 3.36. The van der Waals surface area contributed by atoms with Crippen LogP contribution in [0.3, 0.4) is 0 Å². The third-order valence-corrected chi connectivity index (χ3v) is 4.80. The van der Waals surface area contributed by atoms with Gasteiger partial charge in [0.05, 0.1) is 15.6 Å². The van der Waals surface area contributed by atoms with Crippen LogP contribution in [0.15, 0.2) is 10.8 Å². The lowest BCUT2D eigenvalue weighted by atomic mass is 9.82. The molecule has 0 aliphatic heterocycles. The molecule has 1 saturated carbocycles. The minimum atomic E-state index is 0.584. The molecule has 0 spiro atoms. The monoisotopic (exact) mass is 299 g/mol. The molecule has 1 aliphatic carbocycles. The van der Waals surface area contributed by atoms with Gasteiger partial charge in [-0.25, -0.2) is 9.97 Å². The highest BCUT2D eigenvalue weighted by molar-refractivity contribution is 9.10. The van der Waals surface area contributed by atoms with E-state index in [1.807, 2.05) is 11.6 Å². The van der Waals surface area contributed by atoms with E-state index in [1.165, 1.54) is 19.3 Å². The van der Waals surface area contributed by atoms with Crippen molar-refractivity contribution in [2.75, 3.05) is 0 Å². The van der Waals surface area contributed by atoms with E-state index in [0.717, 1.165) is 21.2 Å². The van der Waals surface area contributed by atoms with E-state index in [4.69, 9.17) is 11.6 Å². The zero-order valence-electron chi connectivity index (χ0n) is 8.87. The Labute approximate surface area is 107 Å². The Balaban J connectivity index is 2.33. The second-order valence-electron chi connectivity index (χ2n) is 4.25. The van der Waals surface area contributed by atoms with Gasteiger partial charge in [-0.3, -0.25) is 0 Å². The lowest BCUT2D eigenvalue weighted by molar-refractivity contribution is 0.413. The molecule has 16 heavy (non-hydrogen) atoms. The summed E-state index contributed by atoms with van der Waals surface area (Å²) in [7, 11) is 1.92. The van der Waals surface area contributed by atoms with E-state index < -0.39 is 0 Å². The first-order chi connectivity index (χ1) is 7.70. The summed E-state index contributed by atoms with van der Waals surface area (Å²) in [5, 5.41) is 1.77. The zero-order chi connectivity index (χ0) is 11.3. The molecule has 1 aliphatic rings. The standard InChI is InChI=1S/C11H11BrClN3/c1-16-10(13)8(12)7-9(6-3-2-4-6)14-5-15-11(7)16/h5-6H,2-4H2,1H3. The van der Waals surface area contributed by atoms with Gasteiger partial charge in [0.15, 0.2) is 0 Å². The molecule has 2 heterocycles. The van der Waals surface area contributed by atoms with Gasteiger partial charge in [-0.15, -0.1) is 0 Å². The molecule has 0 saturated heterocycles. The average molecular weight is 301 g/mol. The lowest BCUT2D eigenvalue weighted by Gasteiger charge is -2.25. The highest BCUT2D eigenvalue weighted by Gasteiger charge is 2.26. The van der Waals surface area contributed by atoms with Crippen LogP contribution in [0.5, 0.6) is 0 Å². The molecule has 2 aromatic rings. The van der Waals surface area contributed by atoms with E-state index >= 15 is 0 Å². The van der Waals surface area contributed by atoms with Gasteiger partial charge < -0.3 is 4.57 Å². The number of aryl methyl sites for hydroxylation is 1. The maximum atomic E-state index is 6.21. The van der Waals surface area contributed by atoms with Crippen LogP contribution in [0.25, 0.3) is 11.0 Å². The summed E-state index contributed by atoms with van der Waals surface area (Å²) in [6.07, 6.45) is 5.39. The van der Waals surface area contributed by atoms with Crippen molar-refractivity contribution in [1.29, 1.82) is 0 Å². The van der Waals surface area contributed by atoms with Gasteiger partial charge in [0, 0.05) is 13.0 Å². The van der Waals surface area contributed by atoms with Crippen LogP contribution in [0, 0.1) is 0 Å². The molecule has 0 radical (unpaired) electrons. The largest absolute Gasteiger partial charge is 0.318 e. The van der Waals surface area contributed by atoms with Crippen molar-refractivity contribution in [3.63, 3.8) is 0 Å². The second kappa shape index (κ2) is 3.70. The fourth-order valence-corrected chi connectivity index (χ4v) is 3.01. The maximum absolute atomic E-state index is 6.21. The quantitative estimate of drug-likeness (QED) is 0.805. The van der Waals surface area contributed by atoms with Crippen molar-refractivity contribution in [2.45, 2.75) is 25.2 Å². The molecule has 0 unspecified atom stereocenters. The Morgan fingerprint density at radius 1 is 1.44 bits per heavy atom. The third kappa shape index (κ3) is 1.32. The first-order valence-electron chi connectivity index (χ1n) is 5.34. The molecular formula is C11H11BrClN3. The van der Waals surface area contributed by atoms with Gasteiger partial charge in [-0.05, 0) is 28.8 Å². The molecule has 5 heteroatoms. The Kier molecular flexibility index (Phi) is 2.44. The fraction of sp³-hybridized carbons (Fsp3) is 0.455. The molecular weight excluding hydrogens is 289 g/mol. The van der Waals surface area contributed by atoms with Crippen LogP contribution < -0.4 is 0 Å². The van der Waals surface area contributed by atoms with Crippen LogP contribution in [0.1, 0.15) is 30.9 Å². The summed E-state index contributed by atoms with van der Waals surface area (Å²) in [6.45, 7) is 0. The normalized spacial score (nSPS) is 16.7. The van der Waals surface area contributed by atoms with Gasteiger partial charge in [0.25, 0.3) is 0 Å². The van der Waals surface area contributed by atoms with Crippen molar-refractivity contribution >= 4 is 38.6 Å². The number of rotatable bonds is 1. The summed E-state index contributed by atoms with van der Waals surface area (Å²) in [5.74, 6) is 0.584. The molecule has 2 aromatic heterocycles. The van der Waals surface area contributed by atoms with Gasteiger partial charge in [-0.2, -0.15) is 0 Å². The molecule has 0 N–H and O–H groups in total. The van der Waals surface area contributed by atoms with E-state index in [1.54, 1.807) is 6.33 Å². The van der Waals surface area contributed by atoms with Crippen molar-refractivity contribution in [2.24, 2.45) is 7.05 Å². The zero-order valence-corrected chi connectivity index (χ0v) is 11.2. The van der Waals surface area contributed by atoms with E-state index in [9.17, 15) is 0 Å². The highest BCUT2D eigenvalue weighted by Crippen LogP contribution is 2.42. The van der Waals surface area contributed by atoms with Gasteiger partial charge >= 0.3 is 0 Å². The minimum absolute atomic E-state index is 0.584. The van der Waals surface area contributed by atoms with Crippen molar-refractivity contribution in [3.05, 3.63) is 21.6 Å². The second-order valence-corrected chi connectivity index (χ2v) is 5.40. The first-order valence-corrected chi connectivity index (χ1v) is 6.51. The summed E-state index contributed by atoms with van der Waals surface area (Å²) >= 11 is 9.75. The Bertz CT molecular complexity index is 560. The Morgan fingerprint density at radius 3 is 2.81 bits per heavy atom. The van der Waals surface area contributed by atoms with Crippen molar-refractivity contribution in [1.82, 2.24) is 14.5 Å². The van der Waals surface area contributed by atoms with Gasteiger partial charge in [0.2, 0.25) is 0 Å². The topological polar surface area (TPSA) is 30.7 Å². The number of aromatic nitrogens is 3. The summed E-state index contributed by atoms with van der Waals surface area (Å²) in [5.41, 5.74) is 2.06. The number of nitrogens with zero attached hydrogens (tertiary/aromatic N) is 3. The predicted octanol–water partition coefficient (Wildman–Crippen LogP) is 3.65. The summed E-state index contributed by atoms with van der Waals surface area (Å²) < 4.78 is 2.82. The first kappa shape index (κ1) is 10.5. The van der Waals surface area contributed by atoms with Crippen molar-refractivity contribution in [3.8, 4) is 0 Å². The number of fused-ring (bicyclic) bond motifs is 1. The minimum Gasteiger partial charge on any atom is -0.318 e. The number of halogens is 2. The van der Waals surface area contributed by atoms with Crippen LogP contribution in [0.4, 0.5) is 0 Å². The van der Waals surface area contributed by atoms with Crippen LogP contribution >= 0.6 is 27.5 Å². The van der Waals surface area contributed by atoms with Crippen LogP contribution in [0.2, 0.25) is 5.15 Å². The molecule has 84 valence electrons. The molecule has 0 amide bonds. The molecule has 3 nitrogen and oxygen atoms in total. The van der Waals surface area contributed by atoms with Crippen LogP contribution in [-0.2, 0) is 7.05 Å². The van der Waals surface area contributed by atoms with E-state index in [2.05, 4.69) is 25.9 Å². The van der Waals surface area contributed by atoms with E-state index in [-0.39, 0.29) is 0 Å². The van der Waals surface area contributed by atoms with E-state index in [0.29, 0.717) is 11.1 Å². The fourth-order valence-electron chi connectivity index (χ4n) is 2.19.